The van der Waals surface area contributed by atoms with E-state index >= 15 is 0 Å². The lowest BCUT2D eigenvalue weighted by molar-refractivity contribution is -0.121. The number of benzene rings is 2. The summed E-state index contributed by atoms with van der Waals surface area (Å²) in [6, 6.07) is 14.4. The number of nitrogens with one attached hydrogen (secondary N) is 1. The molecule has 27 heavy (non-hydrogen) atoms. The van der Waals surface area contributed by atoms with Gasteiger partial charge in [-0.3, -0.25) is 15.2 Å². The lowest BCUT2D eigenvalue weighted by atomic mass is 10.2. The molecule has 1 N–H and O–H groups in total. The van der Waals surface area contributed by atoms with Crippen LogP contribution in [-0.4, -0.2) is 45.2 Å². The third kappa shape index (κ3) is 3.95. The summed E-state index contributed by atoms with van der Waals surface area (Å²) >= 11 is 0. The highest BCUT2D eigenvalue weighted by molar-refractivity contribution is 7.90. The highest BCUT2D eigenvalue weighted by Crippen LogP contribution is 2.26. The molecule has 142 valence electrons. The van der Waals surface area contributed by atoms with Gasteiger partial charge in [-0.25, -0.2) is 0 Å². The van der Waals surface area contributed by atoms with Crippen molar-refractivity contribution in [1.29, 1.82) is 0 Å². The third-order valence-electron chi connectivity index (χ3n) is 4.28. The molecule has 1 aliphatic rings. The van der Waals surface area contributed by atoms with Gasteiger partial charge in [0.05, 0.1) is 12.2 Å². The number of carbonyl (C=O) groups excluding carboxylic acids is 1. The normalized spacial score (nSPS) is 14.3. The summed E-state index contributed by atoms with van der Waals surface area (Å²) in [5, 5.41) is 1.75. The van der Waals surface area contributed by atoms with Crippen LogP contribution >= 0.6 is 0 Å². The molecule has 1 heterocycles. The molecule has 0 radical (unpaired) electrons. The Morgan fingerprint density at radius 1 is 1.11 bits per heavy atom. The van der Waals surface area contributed by atoms with Crippen LogP contribution in [0.1, 0.15) is 18.1 Å². The molecule has 0 saturated carbocycles. The number of fused-ring (bicyclic) bond motifs is 1. The monoisotopic (exact) mass is 386 g/mol. The van der Waals surface area contributed by atoms with Crippen LogP contribution < -0.4 is 10.4 Å². The Bertz CT molecular complexity index is 984. The molecule has 0 aliphatic carbocycles. The van der Waals surface area contributed by atoms with Gasteiger partial charge in [0.2, 0.25) is 0 Å². The van der Waals surface area contributed by atoms with E-state index in [0.717, 1.165) is 11.3 Å². The smallest absolute Gasteiger partial charge is 0.285 e. The maximum Gasteiger partial charge on any atom is 0.285 e. The van der Waals surface area contributed by atoms with Gasteiger partial charge in [0.15, 0.2) is 5.84 Å². The molecule has 8 heteroatoms. The number of nitrogens with zero attached hydrogens (tertiary/aromatic N) is 3. The lowest BCUT2D eigenvalue weighted by Crippen LogP contribution is -2.47. The molecule has 2 aromatic carbocycles. The fourth-order valence-corrected chi connectivity index (χ4v) is 4.14. The number of hydrogen-bond acceptors (Lipinski definition) is 5. The van der Waals surface area contributed by atoms with Crippen molar-refractivity contribution in [3.05, 3.63) is 59.7 Å². The van der Waals surface area contributed by atoms with Crippen molar-refractivity contribution in [3.8, 4) is 0 Å². The van der Waals surface area contributed by atoms with Gasteiger partial charge in [-0.2, -0.15) is 8.42 Å². The van der Waals surface area contributed by atoms with Gasteiger partial charge in [-0.15, -0.1) is 4.40 Å². The molecule has 0 unspecified atom stereocenters. The van der Waals surface area contributed by atoms with E-state index in [-0.39, 0.29) is 23.2 Å². The zero-order valence-electron chi connectivity index (χ0n) is 15.5. The second kappa shape index (κ2) is 7.40. The molecular formula is C19H22N4O3S. The predicted octanol–water partition coefficient (Wildman–Crippen LogP) is 1.93. The van der Waals surface area contributed by atoms with Crippen LogP contribution in [-0.2, 0) is 14.8 Å². The maximum atomic E-state index is 12.5. The summed E-state index contributed by atoms with van der Waals surface area (Å²) in [6.07, 6.45) is 0. The number of amidine groups is 1. The quantitative estimate of drug-likeness (QED) is 0.794. The van der Waals surface area contributed by atoms with Crippen molar-refractivity contribution >= 4 is 27.5 Å². The number of carbonyl (C=O) groups is 1. The van der Waals surface area contributed by atoms with E-state index in [0.29, 0.717) is 12.1 Å². The average Bonchev–Trinajstić information content (AvgIpc) is 2.92. The molecule has 3 rings (SSSR count). The molecule has 1 aliphatic heterocycles. The first kappa shape index (κ1) is 18.9. The number of anilines is 1. The number of hydrazine groups is 1. The molecule has 0 spiro atoms. The van der Waals surface area contributed by atoms with E-state index in [1.54, 1.807) is 35.2 Å². The number of likely N-dealkylation sites (N-methyl/N-ethyl adjacent to an activating group) is 1. The molecule has 2 aromatic rings. The van der Waals surface area contributed by atoms with Crippen molar-refractivity contribution < 1.29 is 13.2 Å². The Morgan fingerprint density at radius 3 is 2.44 bits per heavy atom. The van der Waals surface area contributed by atoms with Crippen LogP contribution in [0.25, 0.3) is 0 Å². The molecule has 7 nitrogen and oxygen atoms in total. The largest absolute Gasteiger partial charge is 0.349 e. The van der Waals surface area contributed by atoms with Crippen molar-refractivity contribution in [2.75, 3.05) is 25.1 Å². The van der Waals surface area contributed by atoms with Crippen molar-refractivity contribution in [3.63, 3.8) is 0 Å². The highest BCUT2D eigenvalue weighted by Gasteiger charge is 2.31. The van der Waals surface area contributed by atoms with E-state index in [9.17, 15) is 13.2 Å². The Balaban J connectivity index is 1.72. The van der Waals surface area contributed by atoms with E-state index in [4.69, 9.17) is 0 Å². The molecular weight excluding hydrogens is 364 g/mol. The molecule has 0 saturated heterocycles. The van der Waals surface area contributed by atoms with Crippen molar-refractivity contribution in [2.24, 2.45) is 4.40 Å². The summed E-state index contributed by atoms with van der Waals surface area (Å²) in [7, 11) is -2.06. The second-order valence-corrected chi connectivity index (χ2v) is 7.93. The van der Waals surface area contributed by atoms with E-state index < -0.39 is 10.0 Å². The Morgan fingerprint density at radius 2 is 1.78 bits per heavy atom. The van der Waals surface area contributed by atoms with Crippen LogP contribution in [0.4, 0.5) is 5.69 Å². The minimum Gasteiger partial charge on any atom is -0.349 e. The van der Waals surface area contributed by atoms with E-state index in [2.05, 4.69) is 9.82 Å². The number of sulfonamides is 1. The Kier molecular flexibility index (Phi) is 5.18. The third-order valence-corrected chi connectivity index (χ3v) is 5.60. The topological polar surface area (TPSA) is 82.1 Å². The SMILES string of the molecule is CCN(NC(=O)CN(C)C1=NS(=O)(=O)c2ccccc21)c1ccc(C)cc1. The van der Waals surface area contributed by atoms with Crippen LogP contribution in [0.2, 0.25) is 0 Å². The average molecular weight is 386 g/mol. The van der Waals surface area contributed by atoms with Gasteiger partial charge >= 0.3 is 0 Å². The molecule has 0 fully saturated rings. The summed E-state index contributed by atoms with van der Waals surface area (Å²) in [4.78, 5) is 14.2. The maximum absolute atomic E-state index is 12.5. The first-order chi connectivity index (χ1) is 12.8. The molecule has 0 atom stereocenters. The Labute approximate surface area is 159 Å². The van der Waals surface area contributed by atoms with Crippen molar-refractivity contribution in [2.45, 2.75) is 18.7 Å². The molecule has 0 bridgehead atoms. The molecule has 0 aromatic heterocycles. The molecule has 1 amide bonds. The van der Waals surface area contributed by atoms with Crippen LogP contribution in [0.15, 0.2) is 57.8 Å². The fourth-order valence-electron chi connectivity index (χ4n) is 2.89. The van der Waals surface area contributed by atoms with Gasteiger partial charge < -0.3 is 4.90 Å². The zero-order valence-corrected chi connectivity index (χ0v) is 16.3. The Hall–Kier alpha value is -2.87. The zero-order chi connectivity index (χ0) is 19.6. The van der Waals surface area contributed by atoms with Crippen LogP contribution in [0.3, 0.4) is 0 Å². The van der Waals surface area contributed by atoms with E-state index in [1.807, 2.05) is 38.1 Å². The lowest BCUT2D eigenvalue weighted by Gasteiger charge is -2.26. The summed E-state index contributed by atoms with van der Waals surface area (Å²) in [5.74, 6) is 0.0172. The second-order valence-electron chi connectivity index (χ2n) is 6.36. The highest BCUT2D eigenvalue weighted by atomic mass is 32.2. The first-order valence-electron chi connectivity index (χ1n) is 8.61. The standard InChI is InChI=1S/C19H22N4O3S/c1-4-23(15-11-9-14(2)10-12-15)20-18(24)13-22(3)19-16-7-5-6-8-17(16)27(25,26)21-19/h5-12H,4,13H2,1-3H3,(H,20,24). The summed E-state index contributed by atoms with van der Waals surface area (Å²) < 4.78 is 28.2. The fraction of sp³-hybridized carbons (Fsp3) is 0.263. The number of amides is 1. The number of rotatable bonds is 5. The van der Waals surface area contributed by atoms with Gasteiger partial charge in [0.1, 0.15) is 4.90 Å². The summed E-state index contributed by atoms with van der Waals surface area (Å²) in [5.41, 5.74) is 5.38. The van der Waals surface area contributed by atoms with Gasteiger partial charge in [0.25, 0.3) is 15.9 Å². The minimum absolute atomic E-state index is 0.0228. The van der Waals surface area contributed by atoms with Crippen molar-refractivity contribution in [1.82, 2.24) is 10.3 Å². The van der Waals surface area contributed by atoms with Gasteiger partial charge in [0, 0.05) is 19.2 Å². The number of hydrogen-bond donors (Lipinski definition) is 1. The first-order valence-corrected chi connectivity index (χ1v) is 10.0. The summed E-state index contributed by atoms with van der Waals surface area (Å²) in [6.45, 7) is 4.51. The van der Waals surface area contributed by atoms with Gasteiger partial charge in [-0.05, 0) is 38.1 Å². The van der Waals surface area contributed by atoms with Crippen LogP contribution in [0.5, 0.6) is 0 Å². The van der Waals surface area contributed by atoms with Crippen LogP contribution in [0, 0.1) is 6.92 Å². The predicted molar refractivity (Wildman–Crippen MR) is 105 cm³/mol. The minimum atomic E-state index is -3.71. The number of aryl methyl sites for hydroxylation is 1. The van der Waals surface area contributed by atoms with E-state index in [1.165, 1.54) is 6.07 Å². The van der Waals surface area contributed by atoms with Gasteiger partial charge in [-0.1, -0.05) is 29.8 Å².